The van der Waals surface area contributed by atoms with Crippen LogP contribution in [0, 0.1) is 17.5 Å². The van der Waals surface area contributed by atoms with Crippen LogP contribution in [0.3, 0.4) is 0 Å². The van der Waals surface area contributed by atoms with E-state index in [1.165, 1.54) is 30.3 Å². The molecule has 0 spiro atoms. The van der Waals surface area contributed by atoms with Crippen molar-refractivity contribution in [2.24, 2.45) is 7.05 Å². The summed E-state index contributed by atoms with van der Waals surface area (Å²) < 4.78 is 41.6. The molecular weight excluding hydrogens is 343 g/mol. The molecule has 2 aromatic carbocycles. The molecule has 0 saturated carbocycles. The fourth-order valence-corrected chi connectivity index (χ4v) is 2.64. The highest BCUT2D eigenvalue weighted by Gasteiger charge is 2.22. The van der Waals surface area contributed by atoms with E-state index in [1.807, 2.05) is 0 Å². The third-order valence-corrected chi connectivity index (χ3v) is 3.98. The van der Waals surface area contributed by atoms with Crippen LogP contribution < -0.4 is 5.32 Å². The number of hydrogen-bond acceptors (Lipinski definition) is 2. The van der Waals surface area contributed by atoms with Gasteiger partial charge in [-0.2, -0.15) is 0 Å². The van der Waals surface area contributed by atoms with Crippen LogP contribution in [-0.2, 0) is 18.3 Å². The Morgan fingerprint density at radius 1 is 1.12 bits per heavy atom. The summed E-state index contributed by atoms with van der Waals surface area (Å²) in [5.74, 6) is -2.24. The molecule has 1 aromatic heterocycles. The third-order valence-electron chi connectivity index (χ3n) is 3.98. The molecule has 0 fully saturated rings. The number of nitrogens with zero attached hydrogens (tertiary/aromatic N) is 2. The molecule has 3 rings (SSSR count). The Balaban J connectivity index is 1.86. The van der Waals surface area contributed by atoms with Gasteiger partial charge in [0.25, 0.3) is 0 Å². The Labute approximate surface area is 148 Å². The molecule has 134 valence electrons. The lowest BCUT2D eigenvalue weighted by Crippen LogP contribution is -2.32. The van der Waals surface area contributed by atoms with Crippen LogP contribution in [-0.4, -0.2) is 15.5 Å². The zero-order chi connectivity index (χ0) is 18.7. The number of halogens is 3. The topological polar surface area (TPSA) is 46.9 Å². The van der Waals surface area contributed by atoms with Gasteiger partial charge in [-0.25, -0.2) is 18.2 Å². The molecule has 3 aromatic rings. The van der Waals surface area contributed by atoms with Crippen LogP contribution in [0.2, 0.25) is 0 Å². The molecule has 0 bridgehead atoms. The SMILES string of the molecule is Cn1ccnc1[C@@H](NC(=O)Cc1ccc(F)cc1)c1ccc(F)c(F)c1. The second-order valence-corrected chi connectivity index (χ2v) is 5.87. The summed E-state index contributed by atoms with van der Waals surface area (Å²) >= 11 is 0. The first-order chi connectivity index (χ1) is 12.4. The predicted octanol–water partition coefficient (Wildman–Crippen LogP) is 3.29. The van der Waals surface area contributed by atoms with E-state index in [0.29, 0.717) is 17.0 Å². The molecule has 0 aliphatic heterocycles. The van der Waals surface area contributed by atoms with Gasteiger partial charge < -0.3 is 9.88 Å². The highest BCUT2D eigenvalue weighted by molar-refractivity contribution is 5.79. The van der Waals surface area contributed by atoms with E-state index in [2.05, 4.69) is 10.3 Å². The predicted molar refractivity (Wildman–Crippen MR) is 89.7 cm³/mol. The highest BCUT2D eigenvalue weighted by Crippen LogP contribution is 2.22. The second-order valence-electron chi connectivity index (χ2n) is 5.87. The summed E-state index contributed by atoms with van der Waals surface area (Å²) in [7, 11) is 1.74. The van der Waals surface area contributed by atoms with Gasteiger partial charge in [0.15, 0.2) is 11.6 Å². The molecule has 4 nitrogen and oxygen atoms in total. The molecule has 0 unspecified atom stereocenters. The van der Waals surface area contributed by atoms with Gasteiger partial charge >= 0.3 is 0 Å². The smallest absolute Gasteiger partial charge is 0.225 e. The fourth-order valence-electron chi connectivity index (χ4n) is 2.64. The number of aromatic nitrogens is 2. The molecule has 0 saturated heterocycles. The lowest BCUT2D eigenvalue weighted by Gasteiger charge is -2.19. The van der Waals surface area contributed by atoms with E-state index in [4.69, 9.17) is 0 Å². The van der Waals surface area contributed by atoms with E-state index in [9.17, 15) is 18.0 Å². The maximum absolute atomic E-state index is 13.7. The molecule has 1 amide bonds. The summed E-state index contributed by atoms with van der Waals surface area (Å²) in [5, 5.41) is 2.78. The van der Waals surface area contributed by atoms with E-state index < -0.39 is 17.7 Å². The van der Waals surface area contributed by atoms with Crippen LogP contribution >= 0.6 is 0 Å². The molecule has 1 atom stereocenters. The van der Waals surface area contributed by atoms with Crippen LogP contribution in [0.1, 0.15) is 23.0 Å². The lowest BCUT2D eigenvalue weighted by atomic mass is 10.0. The van der Waals surface area contributed by atoms with E-state index in [0.717, 1.165) is 12.1 Å². The van der Waals surface area contributed by atoms with Crippen molar-refractivity contribution in [3.8, 4) is 0 Å². The number of amides is 1. The number of rotatable bonds is 5. The molecule has 1 N–H and O–H groups in total. The summed E-state index contributed by atoms with van der Waals surface area (Å²) in [5.41, 5.74) is 0.999. The quantitative estimate of drug-likeness (QED) is 0.760. The Hall–Kier alpha value is -3.09. The molecule has 0 aliphatic rings. The van der Waals surface area contributed by atoms with Gasteiger partial charge in [0.2, 0.25) is 5.91 Å². The van der Waals surface area contributed by atoms with Crippen molar-refractivity contribution < 1.29 is 18.0 Å². The van der Waals surface area contributed by atoms with Gasteiger partial charge in [0.1, 0.15) is 17.7 Å². The lowest BCUT2D eigenvalue weighted by molar-refractivity contribution is -0.121. The van der Waals surface area contributed by atoms with Gasteiger partial charge in [-0.1, -0.05) is 18.2 Å². The largest absolute Gasteiger partial charge is 0.342 e. The number of imidazole rings is 1. The van der Waals surface area contributed by atoms with Crippen LogP contribution in [0.4, 0.5) is 13.2 Å². The number of benzene rings is 2. The highest BCUT2D eigenvalue weighted by atomic mass is 19.2. The summed E-state index contributed by atoms with van der Waals surface area (Å²) in [6.45, 7) is 0. The number of hydrogen-bond donors (Lipinski definition) is 1. The molecule has 26 heavy (non-hydrogen) atoms. The molecule has 0 radical (unpaired) electrons. The van der Waals surface area contributed by atoms with Crippen LogP contribution in [0.15, 0.2) is 54.9 Å². The maximum Gasteiger partial charge on any atom is 0.225 e. The molecule has 1 heterocycles. The van der Waals surface area contributed by atoms with Gasteiger partial charge in [0, 0.05) is 19.4 Å². The molecular formula is C19H16F3N3O. The number of aryl methyl sites for hydroxylation is 1. The minimum absolute atomic E-state index is 0.0187. The van der Waals surface area contributed by atoms with Gasteiger partial charge in [-0.3, -0.25) is 4.79 Å². The van der Waals surface area contributed by atoms with Crippen LogP contribution in [0.5, 0.6) is 0 Å². The molecule has 0 aliphatic carbocycles. The standard InChI is InChI=1S/C19H16F3N3O/c1-25-9-8-23-19(25)18(13-4-7-15(21)16(22)11-13)24-17(26)10-12-2-5-14(20)6-3-12/h2-9,11,18H,10H2,1H3,(H,24,26)/t18-/m0/s1. The number of carbonyl (C=O) groups is 1. The zero-order valence-corrected chi connectivity index (χ0v) is 13.9. The minimum Gasteiger partial charge on any atom is -0.342 e. The van der Waals surface area contributed by atoms with Crippen molar-refractivity contribution in [1.29, 1.82) is 0 Å². The van der Waals surface area contributed by atoms with Crippen molar-refractivity contribution in [2.75, 3.05) is 0 Å². The first-order valence-corrected chi connectivity index (χ1v) is 7.90. The average Bonchev–Trinajstić information content (AvgIpc) is 3.03. The van der Waals surface area contributed by atoms with Crippen molar-refractivity contribution in [2.45, 2.75) is 12.5 Å². The second kappa shape index (κ2) is 7.43. The Morgan fingerprint density at radius 2 is 1.85 bits per heavy atom. The van der Waals surface area contributed by atoms with Gasteiger partial charge in [-0.05, 0) is 35.4 Å². The summed E-state index contributed by atoms with van der Waals surface area (Å²) in [4.78, 5) is 16.6. The first kappa shape index (κ1) is 17.7. The normalized spacial score (nSPS) is 12.0. The minimum atomic E-state index is -1.01. The van der Waals surface area contributed by atoms with E-state index in [1.54, 1.807) is 24.0 Å². The average molecular weight is 359 g/mol. The summed E-state index contributed by atoms with van der Waals surface area (Å²) in [6.07, 6.45) is 3.26. The van der Waals surface area contributed by atoms with Gasteiger partial charge in [-0.15, -0.1) is 0 Å². The van der Waals surface area contributed by atoms with E-state index in [-0.39, 0.29) is 18.1 Å². The van der Waals surface area contributed by atoms with Crippen molar-refractivity contribution in [3.05, 3.63) is 89.3 Å². The van der Waals surface area contributed by atoms with Crippen molar-refractivity contribution >= 4 is 5.91 Å². The van der Waals surface area contributed by atoms with Gasteiger partial charge in [0.05, 0.1) is 6.42 Å². The number of nitrogens with one attached hydrogen (secondary N) is 1. The summed E-state index contributed by atoms with van der Waals surface area (Å²) in [6, 6.07) is 8.26. The Kier molecular flexibility index (Phi) is 5.06. The Bertz CT molecular complexity index is 922. The fraction of sp³-hybridized carbons (Fsp3) is 0.158. The van der Waals surface area contributed by atoms with Crippen molar-refractivity contribution in [1.82, 2.24) is 14.9 Å². The monoisotopic (exact) mass is 359 g/mol. The molecule has 7 heteroatoms. The van der Waals surface area contributed by atoms with E-state index >= 15 is 0 Å². The third kappa shape index (κ3) is 3.93. The first-order valence-electron chi connectivity index (χ1n) is 7.90. The van der Waals surface area contributed by atoms with Crippen molar-refractivity contribution in [3.63, 3.8) is 0 Å². The maximum atomic E-state index is 13.7. The van der Waals surface area contributed by atoms with Crippen LogP contribution in [0.25, 0.3) is 0 Å². The Morgan fingerprint density at radius 3 is 2.46 bits per heavy atom. The zero-order valence-electron chi connectivity index (χ0n) is 13.9. The number of carbonyl (C=O) groups excluding carboxylic acids is 1.